The standard InChI is InChI=1S/C12H10ClN3O3S/c13-8-3-6(1-2-9(8)17)11(19)16-12-15-7(5-20-12)4-10(14)18/h1-3,5,17H,4H2,(H2,14,18)(H,15,16,19). The van der Waals surface area contributed by atoms with Crippen molar-refractivity contribution in [2.75, 3.05) is 5.32 Å². The van der Waals surface area contributed by atoms with E-state index in [0.717, 1.165) is 0 Å². The Kier molecular flexibility index (Phi) is 4.21. The zero-order valence-corrected chi connectivity index (χ0v) is 11.7. The average Bonchev–Trinajstić information content (AvgIpc) is 2.79. The van der Waals surface area contributed by atoms with E-state index < -0.39 is 11.8 Å². The molecule has 20 heavy (non-hydrogen) atoms. The molecule has 0 unspecified atom stereocenters. The van der Waals surface area contributed by atoms with Gasteiger partial charge in [-0.1, -0.05) is 11.6 Å². The lowest BCUT2D eigenvalue weighted by Gasteiger charge is -2.03. The Labute approximate surface area is 123 Å². The summed E-state index contributed by atoms with van der Waals surface area (Å²) in [6.45, 7) is 0. The van der Waals surface area contributed by atoms with Crippen LogP contribution in [0.2, 0.25) is 5.02 Å². The number of aromatic hydroxyl groups is 1. The quantitative estimate of drug-likeness (QED) is 0.800. The van der Waals surface area contributed by atoms with Crippen LogP contribution in [0.15, 0.2) is 23.6 Å². The predicted molar refractivity (Wildman–Crippen MR) is 76.1 cm³/mol. The molecule has 2 aromatic rings. The smallest absolute Gasteiger partial charge is 0.257 e. The maximum atomic E-state index is 11.9. The van der Waals surface area contributed by atoms with Gasteiger partial charge < -0.3 is 10.8 Å². The number of phenolic OH excluding ortho intramolecular Hbond substituents is 1. The van der Waals surface area contributed by atoms with E-state index in [2.05, 4.69) is 10.3 Å². The number of phenols is 1. The van der Waals surface area contributed by atoms with Crippen LogP contribution in [0.25, 0.3) is 0 Å². The molecule has 104 valence electrons. The van der Waals surface area contributed by atoms with Gasteiger partial charge in [0.15, 0.2) is 5.13 Å². The molecule has 4 N–H and O–H groups in total. The highest BCUT2D eigenvalue weighted by molar-refractivity contribution is 7.14. The number of amides is 2. The summed E-state index contributed by atoms with van der Waals surface area (Å²) in [5.41, 5.74) is 5.85. The van der Waals surface area contributed by atoms with E-state index in [9.17, 15) is 14.7 Å². The van der Waals surface area contributed by atoms with Crippen molar-refractivity contribution >= 4 is 39.9 Å². The van der Waals surface area contributed by atoms with Gasteiger partial charge in [-0.05, 0) is 18.2 Å². The number of hydrogen-bond donors (Lipinski definition) is 3. The van der Waals surface area contributed by atoms with Crippen LogP contribution >= 0.6 is 22.9 Å². The summed E-state index contributed by atoms with van der Waals surface area (Å²) in [6, 6.07) is 4.12. The Bertz CT molecular complexity index is 672. The van der Waals surface area contributed by atoms with Crippen LogP contribution in [0.1, 0.15) is 16.1 Å². The van der Waals surface area contributed by atoms with Crippen molar-refractivity contribution < 1.29 is 14.7 Å². The van der Waals surface area contributed by atoms with Crippen molar-refractivity contribution in [3.63, 3.8) is 0 Å². The van der Waals surface area contributed by atoms with Gasteiger partial charge in [-0.2, -0.15) is 0 Å². The Hall–Kier alpha value is -2.12. The lowest BCUT2D eigenvalue weighted by molar-refractivity contribution is -0.117. The summed E-state index contributed by atoms with van der Waals surface area (Å²) in [5.74, 6) is -0.994. The third-order valence-electron chi connectivity index (χ3n) is 2.34. The van der Waals surface area contributed by atoms with Crippen LogP contribution in [0.5, 0.6) is 5.75 Å². The summed E-state index contributed by atoms with van der Waals surface area (Å²) in [7, 11) is 0. The minimum absolute atomic E-state index is 0.0252. The zero-order chi connectivity index (χ0) is 14.7. The van der Waals surface area contributed by atoms with Gasteiger partial charge in [-0.3, -0.25) is 14.9 Å². The Balaban J connectivity index is 2.09. The Morgan fingerprint density at radius 2 is 2.20 bits per heavy atom. The van der Waals surface area contributed by atoms with E-state index in [4.69, 9.17) is 17.3 Å². The van der Waals surface area contributed by atoms with Crippen LogP contribution in [0.3, 0.4) is 0 Å². The van der Waals surface area contributed by atoms with Crippen molar-refractivity contribution in [1.82, 2.24) is 4.98 Å². The fraction of sp³-hybridized carbons (Fsp3) is 0.0833. The van der Waals surface area contributed by atoms with Crippen molar-refractivity contribution in [3.8, 4) is 5.75 Å². The lowest BCUT2D eigenvalue weighted by atomic mass is 10.2. The number of carbonyl (C=O) groups is 2. The van der Waals surface area contributed by atoms with Crippen LogP contribution in [0, 0.1) is 0 Å². The molecule has 0 aliphatic carbocycles. The van der Waals surface area contributed by atoms with E-state index in [-0.39, 0.29) is 17.2 Å². The molecule has 0 bridgehead atoms. The van der Waals surface area contributed by atoms with Crippen molar-refractivity contribution in [1.29, 1.82) is 0 Å². The minimum Gasteiger partial charge on any atom is -0.506 e. The van der Waals surface area contributed by atoms with E-state index in [1.807, 2.05) is 0 Å². The fourth-order valence-electron chi connectivity index (χ4n) is 1.44. The second kappa shape index (κ2) is 5.89. The second-order valence-corrected chi connectivity index (χ2v) is 5.17. The molecule has 0 radical (unpaired) electrons. The highest BCUT2D eigenvalue weighted by atomic mass is 35.5. The van der Waals surface area contributed by atoms with Gasteiger partial charge >= 0.3 is 0 Å². The Morgan fingerprint density at radius 3 is 2.85 bits per heavy atom. The van der Waals surface area contributed by atoms with Gasteiger partial charge in [-0.15, -0.1) is 11.3 Å². The molecular formula is C12H10ClN3O3S. The first-order valence-electron chi connectivity index (χ1n) is 5.48. The highest BCUT2D eigenvalue weighted by Gasteiger charge is 2.11. The van der Waals surface area contributed by atoms with E-state index in [1.165, 1.54) is 29.5 Å². The molecule has 0 atom stereocenters. The molecule has 0 saturated carbocycles. The third kappa shape index (κ3) is 3.46. The SMILES string of the molecule is NC(=O)Cc1csc(NC(=O)c2ccc(O)c(Cl)c2)n1. The summed E-state index contributed by atoms with van der Waals surface area (Å²) >= 11 is 6.92. The molecule has 1 heterocycles. The van der Waals surface area contributed by atoms with Gasteiger partial charge in [-0.25, -0.2) is 4.98 Å². The number of nitrogens with one attached hydrogen (secondary N) is 1. The molecule has 8 heteroatoms. The molecule has 0 aliphatic rings. The highest BCUT2D eigenvalue weighted by Crippen LogP contribution is 2.24. The topological polar surface area (TPSA) is 105 Å². The number of thiazole rings is 1. The van der Waals surface area contributed by atoms with Gasteiger partial charge in [0.2, 0.25) is 5.91 Å². The van der Waals surface area contributed by atoms with E-state index in [1.54, 1.807) is 5.38 Å². The molecule has 0 saturated heterocycles. The van der Waals surface area contributed by atoms with Crippen LogP contribution in [-0.4, -0.2) is 21.9 Å². The van der Waals surface area contributed by atoms with E-state index in [0.29, 0.717) is 16.4 Å². The summed E-state index contributed by atoms with van der Waals surface area (Å²) < 4.78 is 0. The first-order valence-corrected chi connectivity index (χ1v) is 6.74. The number of carbonyl (C=O) groups excluding carboxylic acids is 2. The van der Waals surface area contributed by atoms with Crippen molar-refractivity contribution in [2.24, 2.45) is 5.73 Å². The fourth-order valence-corrected chi connectivity index (χ4v) is 2.33. The van der Waals surface area contributed by atoms with Gasteiger partial charge in [0.05, 0.1) is 17.1 Å². The Morgan fingerprint density at radius 1 is 1.45 bits per heavy atom. The summed E-state index contributed by atoms with van der Waals surface area (Å²) in [6.07, 6.45) is 0.0252. The number of hydrogen-bond acceptors (Lipinski definition) is 5. The number of primary amides is 1. The molecular weight excluding hydrogens is 302 g/mol. The number of nitrogens with two attached hydrogens (primary N) is 1. The number of benzene rings is 1. The number of nitrogens with zero attached hydrogens (tertiary/aromatic N) is 1. The molecule has 6 nitrogen and oxygen atoms in total. The monoisotopic (exact) mass is 311 g/mol. The van der Waals surface area contributed by atoms with Gasteiger partial charge in [0.1, 0.15) is 5.75 Å². The van der Waals surface area contributed by atoms with Crippen LogP contribution in [0.4, 0.5) is 5.13 Å². The minimum atomic E-state index is -0.488. The molecule has 1 aromatic carbocycles. The number of aromatic nitrogens is 1. The maximum Gasteiger partial charge on any atom is 0.257 e. The lowest BCUT2D eigenvalue weighted by Crippen LogP contribution is -2.14. The molecule has 1 aromatic heterocycles. The third-order valence-corrected chi connectivity index (χ3v) is 3.45. The maximum absolute atomic E-state index is 11.9. The normalized spacial score (nSPS) is 10.2. The average molecular weight is 312 g/mol. The summed E-state index contributed by atoms with van der Waals surface area (Å²) in [5, 5.41) is 13.9. The first-order chi connectivity index (χ1) is 9.45. The largest absolute Gasteiger partial charge is 0.506 e. The molecule has 0 aliphatic heterocycles. The van der Waals surface area contributed by atoms with Crippen molar-refractivity contribution in [3.05, 3.63) is 39.9 Å². The van der Waals surface area contributed by atoms with Crippen molar-refractivity contribution in [2.45, 2.75) is 6.42 Å². The zero-order valence-electron chi connectivity index (χ0n) is 10.1. The molecule has 0 spiro atoms. The first kappa shape index (κ1) is 14.3. The molecule has 2 amide bonds. The number of halogens is 1. The number of anilines is 1. The molecule has 0 fully saturated rings. The molecule has 2 rings (SSSR count). The van der Waals surface area contributed by atoms with Crippen LogP contribution in [-0.2, 0) is 11.2 Å². The summed E-state index contributed by atoms with van der Waals surface area (Å²) in [4.78, 5) is 26.7. The number of rotatable bonds is 4. The van der Waals surface area contributed by atoms with Crippen LogP contribution < -0.4 is 11.1 Å². The van der Waals surface area contributed by atoms with Gasteiger partial charge in [0, 0.05) is 10.9 Å². The van der Waals surface area contributed by atoms with Gasteiger partial charge in [0.25, 0.3) is 5.91 Å². The second-order valence-electron chi connectivity index (χ2n) is 3.91. The predicted octanol–water partition coefficient (Wildman–Crippen LogP) is 1.78. The van der Waals surface area contributed by atoms with E-state index >= 15 is 0 Å².